The van der Waals surface area contributed by atoms with E-state index in [1.165, 1.54) is 23.9 Å². The topological polar surface area (TPSA) is 47.6 Å². The fourth-order valence-corrected chi connectivity index (χ4v) is 2.75. The molecule has 6 heteroatoms. The minimum Gasteiger partial charge on any atom is -0.497 e. The van der Waals surface area contributed by atoms with Crippen LogP contribution in [0.1, 0.15) is 6.42 Å². The highest BCUT2D eigenvalue weighted by Crippen LogP contribution is 2.26. The lowest BCUT2D eigenvalue weighted by molar-refractivity contribution is -0.115. The maximum atomic E-state index is 12.8. The van der Waals surface area contributed by atoms with Gasteiger partial charge in [0.05, 0.1) is 14.2 Å². The lowest BCUT2D eigenvalue weighted by atomic mass is 10.2. The van der Waals surface area contributed by atoms with Crippen LogP contribution in [0.15, 0.2) is 47.4 Å². The number of methoxy groups -OCH3 is 2. The van der Waals surface area contributed by atoms with E-state index in [1.807, 2.05) is 0 Å². The molecular weight excluding hydrogens is 317 g/mol. The number of nitrogens with one attached hydrogen (secondary N) is 1. The minimum absolute atomic E-state index is 0.102. The molecule has 0 radical (unpaired) electrons. The Hall–Kier alpha value is -2.21. The molecule has 0 aromatic heterocycles. The van der Waals surface area contributed by atoms with Gasteiger partial charge in [-0.3, -0.25) is 4.79 Å². The summed E-state index contributed by atoms with van der Waals surface area (Å²) in [5.41, 5.74) is 0.623. The van der Waals surface area contributed by atoms with Gasteiger partial charge >= 0.3 is 0 Å². The molecule has 2 aromatic carbocycles. The standard InChI is InChI=1S/C17H18FNO3S/c1-21-14-9-13(10-15(11-14)22-2)19-17(20)7-8-23-16-5-3-12(18)4-6-16/h3-6,9-11H,7-8H2,1-2H3,(H,19,20). The number of hydrogen-bond acceptors (Lipinski definition) is 4. The molecule has 0 bridgehead atoms. The largest absolute Gasteiger partial charge is 0.497 e. The molecule has 2 rings (SSSR count). The third-order valence-corrected chi connectivity index (χ3v) is 4.06. The van der Waals surface area contributed by atoms with Crippen molar-refractivity contribution in [2.45, 2.75) is 11.3 Å². The van der Waals surface area contributed by atoms with Crippen molar-refractivity contribution in [3.05, 3.63) is 48.3 Å². The van der Waals surface area contributed by atoms with Crippen LogP contribution >= 0.6 is 11.8 Å². The van der Waals surface area contributed by atoms with Gasteiger partial charge in [0.2, 0.25) is 5.91 Å². The van der Waals surface area contributed by atoms with Crippen LogP contribution in [0.3, 0.4) is 0 Å². The van der Waals surface area contributed by atoms with Crippen molar-refractivity contribution in [2.75, 3.05) is 25.3 Å². The number of hydrogen-bond donors (Lipinski definition) is 1. The summed E-state index contributed by atoms with van der Waals surface area (Å²) in [7, 11) is 3.11. The molecule has 1 N–H and O–H groups in total. The van der Waals surface area contributed by atoms with Crippen LogP contribution in [-0.2, 0) is 4.79 Å². The first-order valence-corrected chi connectivity index (χ1v) is 8.00. The first-order valence-electron chi connectivity index (χ1n) is 7.02. The number of amides is 1. The van der Waals surface area contributed by atoms with Gasteiger partial charge in [-0.1, -0.05) is 0 Å². The molecule has 0 fully saturated rings. The molecule has 0 spiro atoms. The van der Waals surface area contributed by atoms with E-state index >= 15 is 0 Å². The molecule has 0 aliphatic heterocycles. The van der Waals surface area contributed by atoms with Crippen LogP contribution in [0.4, 0.5) is 10.1 Å². The second kappa shape index (κ2) is 8.43. The molecular formula is C17H18FNO3S. The number of halogens is 1. The van der Waals surface area contributed by atoms with E-state index in [0.717, 1.165) is 4.90 Å². The van der Waals surface area contributed by atoms with E-state index < -0.39 is 0 Å². The molecule has 0 saturated carbocycles. The van der Waals surface area contributed by atoms with Gasteiger partial charge in [0.15, 0.2) is 0 Å². The Labute approximate surface area is 139 Å². The molecule has 0 heterocycles. The summed E-state index contributed by atoms with van der Waals surface area (Å²) in [5.74, 6) is 1.47. The maximum absolute atomic E-state index is 12.8. The third kappa shape index (κ3) is 5.49. The second-order valence-electron chi connectivity index (χ2n) is 4.70. The fraction of sp³-hybridized carbons (Fsp3) is 0.235. The molecule has 4 nitrogen and oxygen atoms in total. The Balaban J connectivity index is 1.85. The van der Waals surface area contributed by atoms with Crippen LogP contribution in [0.5, 0.6) is 11.5 Å². The highest BCUT2D eigenvalue weighted by atomic mass is 32.2. The van der Waals surface area contributed by atoms with Gasteiger partial charge in [0.25, 0.3) is 0 Å². The first kappa shape index (κ1) is 17.1. The van der Waals surface area contributed by atoms with Crippen molar-refractivity contribution in [1.29, 1.82) is 0 Å². The molecule has 1 amide bonds. The van der Waals surface area contributed by atoms with E-state index in [2.05, 4.69) is 5.32 Å². The van der Waals surface area contributed by atoms with Crippen LogP contribution in [-0.4, -0.2) is 25.9 Å². The van der Waals surface area contributed by atoms with Crippen LogP contribution in [0.2, 0.25) is 0 Å². The summed E-state index contributed by atoms with van der Waals surface area (Å²) >= 11 is 1.51. The van der Waals surface area contributed by atoms with Crippen molar-refractivity contribution >= 4 is 23.4 Å². The summed E-state index contributed by atoms with van der Waals surface area (Å²) < 4.78 is 23.1. The summed E-state index contributed by atoms with van der Waals surface area (Å²) in [6, 6.07) is 11.4. The Kier molecular flexibility index (Phi) is 6.29. The number of carbonyl (C=O) groups is 1. The van der Waals surface area contributed by atoms with E-state index in [9.17, 15) is 9.18 Å². The molecule has 0 saturated heterocycles. The fourth-order valence-electron chi connectivity index (χ4n) is 1.90. The molecule has 122 valence electrons. The number of anilines is 1. The van der Waals surface area contributed by atoms with E-state index in [0.29, 0.717) is 29.4 Å². The monoisotopic (exact) mass is 335 g/mol. The highest BCUT2D eigenvalue weighted by molar-refractivity contribution is 7.99. The number of ether oxygens (including phenoxy) is 2. The van der Waals surface area contributed by atoms with Crippen molar-refractivity contribution in [1.82, 2.24) is 0 Å². The van der Waals surface area contributed by atoms with Crippen LogP contribution in [0, 0.1) is 5.82 Å². The number of rotatable bonds is 7. The Morgan fingerprint density at radius 2 is 1.70 bits per heavy atom. The molecule has 0 aliphatic rings. The molecule has 0 aliphatic carbocycles. The minimum atomic E-state index is -0.265. The van der Waals surface area contributed by atoms with Crippen molar-refractivity contribution in [2.24, 2.45) is 0 Å². The van der Waals surface area contributed by atoms with Gasteiger partial charge < -0.3 is 14.8 Å². The van der Waals surface area contributed by atoms with E-state index in [4.69, 9.17) is 9.47 Å². The van der Waals surface area contributed by atoms with E-state index in [1.54, 1.807) is 44.6 Å². The smallest absolute Gasteiger partial charge is 0.225 e. The number of benzene rings is 2. The van der Waals surface area contributed by atoms with Crippen LogP contribution in [0.25, 0.3) is 0 Å². The number of carbonyl (C=O) groups excluding carboxylic acids is 1. The average molecular weight is 335 g/mol. The predicted molar refractivity (Wildman–Crippen MR) is 89.9 cm³/mol. The normalized spacial score (nSPS) is 10.2. The van der Waals surface area contributed by atoms with E-state index in [-0.39, 0.29) is 11.7 Å². The van der Waals surface area contributed by atoms with Crippen molar-refractivity contribution in [3.8, 4) is 11.5 Å². The Bertz CT molecular complexity index is 639. The zero-order valence-electron chi connectivity index (χ0n) is 13.0. The van der Waals surface area contributed by atoms with Crippen molar-refractivity contribution in [3.63, 3.8) is 0 Å². The summed E-state index contributed by atoms with van der Waals surface area (Å²) in [6.07, 6.45) is 0.349. The van der Waals surface area contributed by atoms with Gasteiger partial charge in [0.1, 0.15) is 17.3 Å². The number of thioether (sulfide) groups is 1. The van der Waals surface area contributed by atoms with Gasteiger partial charge in [-0.25, -0.2) is 4.39 Å². The second-order valence-corrected chi connectivity index (χ2v) is 5.87. The van der Waals surface area contributed by atoms with Gasteiger partial charge in [0, 0.05) is 41.0 Å². The zero-order valence-corrected chi connectivity index (χ0v) is 13.8. The SMILES string of the molecule is COc1cc(NC(=O)CCSc2ccc(F)cc2)cc(OC)c1. The summed E-state index contributed by atoms with van der Waals surface area (Å²) in [6.45, 7) is 0. The Morgan fingerprint density at radius 3 is 2.26 bits per heavy atom. The van der Waals surface area contributed by atoms with Gasteiger partial charge in [-0.05, 0) is 24.3 Å². The molecule has 2 aromatic rings. The van der Waals surface area contributed by atoms with Gasteiger partial charge in [-0.2, -0.15) is 0 Å². The molecule has 0 unspecified atom stereocenters. The lowest BCUT2D eigenvalue weighted by Gasteiger charge is -2.10. The van der Waals surface area contributed by atoms with Crippen molar-refractivity contribution < 1.29 is 18.7 Å². The molecule has 0 atom stereocenters. The lowest BCUT2D eigenvalue weighted by Crippen LogP contribution is -2.12. The van der Waals surface area contributed by atoms with Crippen LogP contribution < -0.4 is 14.8 Å². The summed E-state index contributed by atoms with van der Waals surface area (Å²) in [5, 5.41) is 2.81. The predicted octanol–water partition coefficient (Wildman–Crippen LogP) is 3.96. The summed E-state index contributed by atoms with van der Waals surface area (Å²) in [4.78, 5) is 12.9. The average Bonchev–Trinajstić information content (AvgIpc) is 2.56. The third-order valence-electron chi connectivity index (χ3n) is 3.05. The highest BCUT2D eigenvalue weighted by Gasteiger charge is 2.06. The first-order chi connectivity index (χ1) is 11.1. The zero-order chi connectivity index (χ0) is 16.7. The van der Waals surface area contributed by atoms with Gasteiger partial charge in [-0.15, -0.1) is 11.8 Å². The quantitative estimate of drug-likeness (QED) is 0.778. The Morgan fingerprint density at radius 1 is 1.09 bits per heavy atom. The maximum Gasteiger partial charge on any atom is 0.225 e. The molecule has 23 heavy (non-hydrogen) atoms.